The molecule has 0 bridgehead atoms. The van der Waals surface area contributed by atoms with Crippen molar-refractivity contribution in [1.29, 1.82) is 0 Å². The van der Waals surface area contributed by atoms with Crippen molar-refractivity contribution >= 4 is 17.7 Å². The Balaban J connectivity index is 2.24. The van der Waals surface area contributed by atoms with Crippen LogP contribution in [0.4, 0.5) is 0 Å². The van der Waals surface area contributed by atoms with E-state index in [4.69, 9.17) is 4.74 Å². The van der Waals surface area contributed by atoms with Crippen LogP contribution in [0, 0.1) is 0 Å². The average molecular weight is 302 g/mol. The first-order chi connectivity index (χ1) is 9.54. The number of hydrogen-bond acceptors (Lipinski definition) is 6. The molecule has 1 heterocycles. The van der Waals surface area contributed by atoms with Crippen molar-refractivity contribution < 1.29 is 14.6 Å². The van der Waals surface area contributed by atoms with Gasteiger partial charge in [0.15, 0.2) is 5.16 Å². The molecule has 1 amide bonds. The first kappa shape index (κ1) is 16.9. The van der Waals surface area contributed by atoms with Gasteiger partial charge in [-0.15, -0.1) is 10.2 Å². The van der Waals surface area contributed by atoms with E-state index < -0.39 is 6.10 Å². The van der Waals surface area contributed by atoms with Crippen molar-refractivity contribution in [2.75, 3.05) is 26.0 Å². The summed E-state index contributed by atoms with van der Waals surface area (Å²) >= 11 is 1.35. The maximum Gasteiger partial charge on any atom is 0.230 e. The number of aliphatic hydroxyl groups is 1. The topological polar surface area (TPSA) is 89.3 Å². The SMILES string of the molecule is COCC(O)CCNC(=O)CSc1nncn1C(C)C. The summed E-state index contributed by atoms with van der Waals surface area (Å²) in [4.78, 5) is 11.7. The Morgan fingerprint density at radius 1 is 1.60 bits per heavy atom. The molecule has 1 aromatic heterocycles. The highest BCUT2D eigenvalue weighted by Crippen LogP contribution is 2.18. The number of aliphatic hydroxyl groups excluding tert-OH is 1. The van der Waals surface area contributed by atoms with E-state index in [9.17, 15) is 9.90 Å². The lowest BCUT2D eigenvalue weighted by Crippen LogP contribution is -2.29. The molecule has 0 aliphatic rings. The molecule has 0 saturated carbocycles. The van der Waals surface area contributed by atoms with E-state index in [1.54, 1.807) is 6.33 Å². The van der Waals surface area contributed by atoms with Gasteiger partial charge in [-0.3, -0.25) is 4.79 Å². The van der Waals surface area contributed by atoms with Crippen LogP contribution in [0.25, 0.3) is 0 Å². The largest absolute Gasteiger partial charge is 0.391 e. The Morgan fingerprint density at radius 3 is 3.00 bits per heavy atom. The molecule has 0 radical (unpaired) electrons. The predicted octanol–water partition coefficient (Wildman–Crippen LogP) is 0.465. The fourth-order valence-electron chi connectivity index (χ4n) is 1.52. The quantitative estimate of drug-likeness (QED) is 0.644. The first-order valence-corrected chi connectivity index (χ1v) is 7.49. The Labute approximate surface area is 123 Å². The van der Waals surface area contributed by atoms with Crippen LogP contribution in [-0.4, -0.2) is 57.9 Å². The number of ether oxygens (including phenoxy) is 1. The summed E-state index contributed by atoms with van der Waals surface area (Å²) in [5.41, 5.74) is 0. The fraction of sp³-hybridized carbons (Fsp3) is 0.750. The second-order valence-corrected chi connectivity index (χ2v) is 5.59. The van der Waals surface area contributed by atoms with Gasteiger partial charge in [0.05, 0.1) is 18.5 Å². The van der Waals surface area contributed by atoms with E-state index in [1.165, 1.54) is 18.9 Å². The van der Waals surface area contributed by atoms with E-state index >= 15 is 0 Å². The highest BCUT2D eigenvalue weighted by Gasteiger charge is 2.11. The molecular formula is C12H22N4O3S. The summed E-state index contributed by atoms with van der Waals surface area (Å²) in [7, 11) is 1.53. The molecule has 0 aliphatic carbocycles. The Morgan fingerprint density at radius 2 is 2.35 bits per heavy atom. The maximum absolute atomic E-state index is 11.7. The van der Waals surface area contributed by atoms with Crippen LogP contribution in [0.15, 0.2) is 11.5 Å². The van der Waals surface area contributed by atoms with Crippen LogP contribution in [-0.2, 0) is 9.53 Å². The monoisotopic (exact) mass is 302 g/mol. The molecule has 7 nitrogen and oxygen atoms in total. The van der Waals surface area contributed by atoms with Gasteiger partial charge in [-0.25, -0.2) is 0 Å². The van der Waals surface area contributed by atoms with Gasteiger partial charge in [0.1, 0.15) is 6.33 Å². The number of thioether (sulfide) groups is 1. The van der Waals surface area contributed by atoms with Crippen molar-refractivity contribution in [3.63, 3.8) is 0 Å². The molecule has 20 heavy (non-hydrogen) atoms. The van der Waals surface area contributed by atoms with Crippen LogP contribution in [0.2, 0.25) is 0 Å². The van der Waals surface area contributed by atoms with Gasteiger partial charge < -0.3 is 19.7 Å². The van der Waals surface area contributed by atoms with E-state index in [-0.39, 0.29) is 24.3 Å². The fourth-order valence-corrected chi connectivity index (χ4v) is 2.40. The number of carbonyl (C=O) groups is 1. The number of hydrogen-bond donors (Lipinski definition) is 2. The van der Waals surface area contributed by atoms with E-state index in [2.05, 4.69) is 15.5 Å². The number of aromatic nitrogens is 3. The zero-order valence-corrected chi connectivity index (χ0v) is 12.9. The summed E-state index contributed by atoms with van der Waals surface area (Å²) in [5.74, 6) is 0.198. The van der Waals surface area contributed by atoms with Gasteiger partial charge in [-0.1, -0.05) is 11.8 Å². The Hall–Kier alpha value is -1.12. The minimum absolute atomic E-state index is 0.0853. The Bertz CT molecular complexity index is 411. The van der Waals surface area contributed by atoms with Crippen LogP contribution in [0.1, 0.15) is 26.3 Å². The van der Waals surface area contributed by atoms with Gasteiger partial charge in [0.25, 0.3) is 0 Å². The molecule has 2 N–H and O–H groups in total. The van der Waals surface area contributed by atoms with E-state index in [1.807, 2.05) is 18.4 Å². The molecule has 1 aromatic rings. The minimum atomic E-state index is -0.544. The lowest BCUT2D eigenvalue weighted by Gasteiger charge is -2.11. The predicted molar refractivity (Wildman–Crippen MR) is 76.6 cm³/mol. The van der Waals surface area contributed by atoms with Crippen molar-refractivity contribution in [2.24, 2.45) is 0 Å². The molecule has 0 saturated heterocycles. The van der Waals surface area contributed by atoms with Gasteiger partial charge in [-0.05, 0) is 20.3 Å². The zero-order valence-electron chi connectivity index (χ0n) is 12.1. The van der Waals surface area contributed by atoms with E-state index in [0.717, 1.165) is 5.16 Å². The number of amides is 1. The molecule has 8 heteroatoms. The lowest BCUT2D eigenvalue weighted by molar-refractivity contribution is -0.118. The van der Waals surface area contributed by atoms with Crippen LogP contribution >= 0.6 is 11.8 Å². The molecular weight excluding hydrogens is 280 g/mol. The number of carbonyl (C=O) groups excluding carboxylic acids is 1. The Kier molecular flexibility index (Phi) is 7.56. The summed E-state index contributed by atoms with van der Waals surface area (Å²) in [6, 6.07) is 0.264. The van der Waals surface area contributed by atoms with Gasteiger partial charge >= 0.3 is 0 Å². The van der Waals surface area contributed by atoms with Crippen molar-refractivity contribution in [3.8, 4) is 0 Å². The normalized spacial score (nSPS) is 12.7. The molecule has 0 fully saturated rings. The van der Waals surface area contributed by atoms with Crippen LogP contribution in [0.5, 0.6) is 0 Å². The summed E-state index contributed by atoms with van der Waals surface area (Å²) in [5, 5.41) is 20.7. The number of rotatable bonds is 9. The number of methoxy groups -OCH3 is 1. The average Bonchev–Trinajstić information content (AvgIpc) is 2.85. The maximum atomic E-state index is 11.7. The molecule has 0 spiro atoms. The molecule has 1 rings (SSSR count). The lowest BCUT2D eigenvalue weighted by atomic mass is 10.3. The highest BCUT2D eigenvalue weighted by molar-refractivity contribution is 7.99. The van der Waals surface area contributed by atoms with Gasteiger partial charge in [0.2, 0.25) is 5.91 Å². The van der Waals surface area contributed by atoms with Gasteiger partial charge in [-0.2, -0.15) is 0 Å². The minimum Gasteiger partial charge on any atom is -0.391 e. The van der Waals surface area contributed by atoms with Crippen molar-refractivity contribution in [1.82, 2.24) is 20.1 Å². The standard InChI is InChI=1S/C12H22N4O3S/c1-9(2)16-8-14-15-12(16)20-7-11(18)13-5-4-10(17)6-19-3/h8-10,17H,4-7H2,1-3H3,(H,13,18). The molecule has 0 aromatic carbocycles. The number of nitrogens with zero attached hydrogens (tertiary/aromatic N) is 3. The first-order valence-electron chi connectivity index (χ1n) is 6.50. The second kappa shape index (κ2) is 8.93. The van der Waals surface area contributed by atoms with Gasteiger partial charge in [0, 0.05) is 19.7 Å². The third kappa shape index (κ3) is 5.89. The second-order valence-electron chi connectivity index (χ2n) is 4.65. The summed E-state index contributed by atoms with van der Waals surface area (Å²) in [6.07, 6.45) is 1.59. The van der Waals surface area contributed by atoms with E-state index in [0.29, 0.717) is 13.0 Å². The highest BCUT2D eigenvalue weighted by atomic mass is 32.2. The van der Waals surface area contributed by atoms with Crippen LogP contribution in [0.3, 0.4) is 0 Å². The molecule has 0 aliphatic heterocycles. The third-order valence-corrected chi connectivity index (χ3v) is 3.54. The molecule has 1 atom stereocenters. The van der Waals surface area contributed by atoms with Crippen molar-refractivity contribution in [3.05, 3.63) is 6.33 Å². The third-order valence-electron chi connectivity index (χ3n) is 2.59. The molecule has 1 unspecified atom stereocenters. The summed E-state index contributed by atoms with van der Waals surface area (Å²) in [6.45, 7) is 4.78. The molecule has 114 valence electrons. The number of nitrogens with one attached hydrogen (secondary N) is 1. The smallest absolute Gasteiger partial charge is 0.230 e. The van der Waals surface area contributed by atoms with Crippen molar-refractivity contribution in [2.45, 2.75) is 37.6 Å². The zero-order chi connectivity index (χ0) is 15.0. The van der Waals surface area contributed by atoms with Crippen LogP contribution < -0.4 is 5.32 Å². The summed E-state index contributed by atoms with van der Waals surface area (Å²) < 4.78 is 6.73.